The van der Waals surface area contributed by atoms with Crippen LogP contribution in [0.15, 0.2) is 24.3 Å². The molecular formula is C19H28N2O2. The van der Waals surface area contributed by atoms with Crippen molar-refractivity contribution in [3.63, 3.8) is 0 Å². The van der Waals surface area contributed by atoms with E-state index in [9.17, 15) is 9.59 Å². The number of rotatable bonds is 3. The number of anilines is 1. The number of nitrogens with zero attached hydrogens (tertiary/aromatic N) is 1. The Labute approximate surface area is 139 Å². The highest BCUT2D eigenvalue weighted by Gasteiger charge is 2.33. The fourth-order valence-corrected chi connectivity index (χ4v) is 3.04. The van der Waals surface area contributed by atoms with Crippen molar-refractivity contribution >= 4 is 17.5 Å². The van der Waals surface area contributed by atoms with Gasteiger partial charge in [-0.05, 0) is 30.9 Å². The van der Waals surface area contributed by atoms with Gasteiger partial charge in [0.15, 0.2) is 0 Å². The Morgan fingerprint density at radius 3 is 2.61 bits per heavy atom. The Balaban J connectivity index is 2.03. The highest BCUT2D eigenvalue weighted by atomic mass is 16.2. The smallest absolute Gasteiger partial charge is 0.229 e. The standard InChI is InChI=1S/C19H28N2O2/c1-5-14-9-6-7-11-16(14)20-17(22)15-10-8-12-21(13-15)18(23)19(2,3)4/h6-7,9,11,15H,5,8,10,12-13H2,1-4H3,(H,20,22)/t15-/m0/s1. The van der Waals surface area contributed by atoms with Gasteiger partial charge in [-0.3, -0.25) is 9.59 Å². The topological polar surface area (TPSA) is 49.4 Å². The predicted molar refractivity (Wildman–Crippen MR) is 93.2 cm³/mol. The van der Waals surface area contributed by atoms with Gasteiger partial charge in [0.2, 0.25) is 11.8 Å². The van der Waals surface area contributed by atoms with Crippen LogP contribution < -0.4 is 5.32 Å². The molecule has 1 aliphatic rings. The number of para-hydroxylation sites is 1. The number of hydrogen-bond donors (Lipinski definition) is 1. The molecule has 126 valence electrons. The van der Waals surface area contributed by atoms with E-state index in [1.54, 1.807) is 0 Å². The molecule has 1 aliphatic heterocycles. The lowest BCUT2D eigenvalue weighted by molar-refractivity contribution is -0.142. The van der Waals surface area contributed by atoms with Gasteiger partial charge in [-0.2, -0.15) is 0 Å². The van der Waals surface area contributed by atoms with Crippen molar-refractivity contribution in [1.29, 1.82) is 0 Å². The molecule has 4 heteroatoms. The fourth-order valence-electron chi connectivity index (χ4n) is 3.04. The summed E-state index contributed by atoms with van der Waals surface area (Å²) in [7, 11) is 0. The van der Waals surface area contributed by atoms with Gasteiger partial charge >= 0.3 is 0 Å². The first-order valence-electron chi connectivity index (χ1n) is 8.51. The van der Waals surface area contributed by atoms with Gasteiger partial charge in [-0.15, -0.1) is 0 Å². The lowest BCUT2D eigenvalue weighted by Crippen LogP contribution is -2.47. The third-order valence-electron chi connectivity index (χ3n) is 4.38. The van der Waals surface area contributed by atoms with Crippen LogP contribution in [0.3, 0.4) is 0 Å². The van der Waals surface area contributed by atoms with Crippen LogP contribution in [-0.4, -0.2) is 29.8 Å². The highest BCUT2D eigenvalue weighted by Crippen LogP contribution is 2.25. The van der Waals surface area contributed by atoms with E-state index < -0.39 is 5.41 Å². The van der Waals surface area contributed by atoms with Gasteiger partial charge in [0.1, 0.15) is 0 Å². The molecule has 1 atom stereocenters. The van der Waals surface area contributed by atoms with E-state index in [1.165, 1.54) is 0 Å². The van der Waals surface area contributed by atoms with Gasteiger partial charge in [-0.1, -0.05) is 45.9 Å². The van der Waals surface area contributed by atoms with Crippen molar-refractivity contribution in [3.8, 4) is 0 Å². The largest absolute Gasteiger partial charge is 0.341 e. The molecule has 0 spiro atoms. The SMILES string of the molecule is CCc1ccccc1NC(=O)[C@H]1CCCN(C(=O)C(C)(C)C)C1. The molecule has 0 saturated carbocycles. The molecule has 23 heavy (non-hydrogen) atoms. The third kappa shape index (κ3) is 4.34. The maximum Gasteiger partial charge on any atom is 0.229 e. The predicted octanol–water partition coefficient (Wildman–Crippen LogP) is 3.47. The first kappa shape index (κ1) is 17.5. The maximum absolute atomic E-state index is 12.6. The molecule has 1 saturated heterocycles. The zero-order valence-electron chi connectivity index (χ0n) is 14.7. The van der Waals surface area contributed by atoms with Crippen LogP contribution >= 0.6 is 0 Å². The molecule has 1 aromatic rings. The Kier molecular flexibility index (Phi) is 5.45. The Morgan fingerprint density at radius 1 is 1.26 bits per heavy atom. The molecule has 0 aromatic heterocycles. The Bertz CT molecular complexity index is 575. The molecule has 1 aromatic carbocycles. The summed E-state index contributed by atoms with van der Waals surface area (Å²) >= 11 is 0. The zero-order chi connectivity index (χ0) is 17.0. The summed E-state index contributed by atoms with van der Waals surface area (Å²) < 4.78 is 0. The summed E-state index contributed by atoms with van der Waals surface area (Å²) in [6.45, 7) is 9.14. The fraction of sp³-hybridized carbons (Fsp3) is 0.579. The minimum Gasteiger partial charge on any atom is -0.341 e. The zero-order valence-corrected chi connectivity index (χ0v) is 14.7. The number of benzene rings is 1. The summed E-state index contributed by atoms with van der Waals surface area (Å²) in [5, 5.41) is 3.05. The number of piperidine rings is 1. The van der Waals surface area contributed by atoms with Crippen molar-refractivity contribution in [1.82, 2.24) is 4.90 Å². The first-order chi connectivity index (χ1) is 10.8. The quantitative estimate of drug-likeness (QED) is 0.928. The van der Waals surface area contributed by atoms with Crippen molar-refractivity contribution in [2.75, 3.05) is 18.4 Å². The number of likely N-dealkylation sites (tertiary alicyclic amines) is 1. The van der Waals surface area contributed by atoms with Gasteiger partial charge in [0.05, 0.1) is 5.92 Å². The Hall–Kier alpha value is -1.84. The second-order valence-corrected chi connectivity index (χ2v) is 7.34. The van der Waals surface area contributed by atoms with E-state index >= 15 is 0 Å². The number of amides is 2. The van der Waals surface area contributed by atoms with Crippen LogP contribution in [0.5, 0.6) is 0 Å². The lowest BCUT2D eigenvalue weighted by Gasteiger charge is -2.36. The van der Waals surface area contributed by atoms with Crippen LogP contribution in [0, 0.1) is 11.3 Å². The van der Waals surface area contributed by atoms with Crippen LogP contribution in [0.2, 0.25) is 0 Å². The highest BCUT2D eigenvalue weighted by molar-refractivity contribution is 5.94. The lowest BCUT2D eigenvalue weighted by atomic mass is 9.91. The van der Waals surface area contributed by atoms with Crippen LogP contribution in [0.25, 0.3) is 0 Å². The molecule has 0 aliphatic carbocycles. The maximum atomic E-state index is 12.6. The van der Waals surface area contributed by atoms with E-state index in [2.05, 4.69) is 12.2 Å². The van der Waals surface area contributed by atoms with E-state index in [0.29, 0.717) is 6.54 Å². The van der Waals surface area contributed by atoms with E-state index in [1.807, 2.05) is 49.9 Å². The summed E-state index contributed by atoms with van der Waals surface area (Å²) in [5.41, 5.74) is 1.63. The van der Waals surface area contributed by atoms with Crippen molar-refractivity contribution in [2.24, 2.45) is 11.3 Å². The number of carbonyl (C=O) groups is 2. The second kappa shape index (κ2) is 7.16. The van der Waals surface area contributed by atoms with Crippen molar-refractivity contribution in [3.05, 3.63) is 29.8 Å². The monoisotopic (exact) mass is 316 g/mol. The first-order valence-corrected chi connectivity index (χ1v) is 8.51. The van der Waals surface area contributed by atoms with E-state index in [4.69, 9.17) is 0 Å². The van der Waals surface area contributed by atoms with Crippen molar-refractivity contribution < 1.29 is 9.59 Å². The van der Waals surface area contributed by atoms with Crippen LogP contribution in [-0.2, 0) is 16.0 Å². The molecule has 1 fully saturated rings. The molecule has 2 rings (SSSR count). The minimum absolute atomic E-state index is 0.0253. The molecule has 2 amide bonds. The second-order valence-electron chi connectivity index (χ2n) is 7.34. The number of aryl methyl sites for hydroxylation is 1. The van der Waals surface area contributed by atoms with Crippen LogP contribution in [0.1, 0.15) is 46.1 Å². The average molecular weight is 316 g/mol. The summed E-state index contributed by atoms with van der Waals surface area (Å²) in [6, 6.07) is 7.90. The molecular weight excluding hydrogens is 288 g/mol. The third-order valence-corrected chi connectivity index (χ3v) is 4.38. The van der Waals surface area contributed by atoms with E-state index in [-0.39, 0.29) is 17.7 Å². The normalized spacial score (nSPS) is 18.6. The molecule has 0 bridgehead atoms. The number of hydrogen-bond acceptors (Lipinski definition) is 2. The minimum atomic E-state index is -0.396. The number of carbonyl (C=O) groups excluding carboxylic acids is 2. The molecule has 1 heterocycles. The van der Waals surface area contributed by atoms with Gasteiger partial charge in [0.25, 0.3) is 0 Å². The van der Waals surface area contributed by atoms with Gasteiger partial charge in [0, 0.05) is 24.2 Å². The molecule has 4 nitrogen and oxygen atoms in total. The molecule has 0 unspecified atom stereocenters. The van der Waals surface area contributed by atoms with Crippen LogP contribution in [0.4, 0.5) is 5.69 Å². The molecule has 0 radical (unpaired) electrons. The van der Waals surface area contributed by atoms with E-state index in [0.717, 1.165) is 37.1 Å². The molecule has 1 N–H and O–H groups in total. The Morgan fingerprint density at radius 2 is 1.96 bits per heavy atom. The summed E-state index contributed by atoms with van der Waals surface area (Å²) in [5.74, 6) is 0.0289. The van der Waals surface area contributed by atoms with Gasteiger partial charge < -0.3 is 10.2 Å². The summed E-state index contributed by atoms with van der Waals surface area (Å²) in [4.78, 5) is 26.9. The van der Waals surface area contributed by atoms with Gasteiger partial charge in [-0.25, -0.2) is 0 Å². The summed E-state index contributed by atoms with van der Waals surface area (Å²) in [6.07, 6.45) is 2.61. The number of nitrogens with one attached hydrogen (secondary N) is 1. The average Bonchev–Trinajstić information content (AvgIpc) is 2.54. The van der Waals surface area contributed by atoms with Crippen molar-refractivity contribution in [2.45, 2.75) is 47.0 Å².